The first kappa shape index (κ1) is 20.2. The molecule has 0 aliphatic rings. The van der Waals surface area contributed by atoms with Gasteiger partial charge in [0, 0.05) is 14.8 Å². The van der Waals surface area contributed by atoms with E-state index in [0.29, 0.717) is 10.7 Å². The number of hydrogen-bond acceptors (Lipinski definition) is 2. The Kier molecular flexibility index (Phi) is 7.74. The Hall–Kier alpha value is -1.09. The fourth-order valence-corrected chi connectivity index (χ4v) is 2.79. The molecule has 0 unspecified atom stereocenters. The lowest BCUT2D eigenvalue weighted by atomic mass is 10.1. The molecular formula is C17H16Cl2IN3OS. The van der Waals surface area contributed by atoms with Crippen LogP contribution in [0.2, 0.25) is 0 Å². The topological polar surface area (TPSA) is 53.2 Å². The van der Waals surface area contributed by atoms with Crippen molar-refractivity contribution in [1.82, 2.24) is 10.6 Å². The molecule has 8 heteroatoms. The summed E-state index contributed by atoms with van der Waals surface area (Å²) in [6.07, 6.45) is -0.735. The zero-order valence-corrected chi connectivity index (χ0v) is 17.7. The van der Waals surface area contributed by atoms with Crippen molar-refractivity contribution in [3.63, 3.8) is 0 Å². The summed E-state index contributed by atoms with van der Waals surface area (Å²) in [6, 6.07) is 14.9. The van der Waals surface area contributed by atoms with Crippen LogP contribution in [-0.4, -0.2) is 22.0 Å². The van der Waals surface area contributed by atoms with Crippen LogP contribution < -0.4 is 16.0 Å². The molecule has 0 spiro atoms. The number of rotatable bonds is 5. The van der Waals surface area contributed by atoms with Gasteiger partial charge in [-0.3, -0.25) is 4.79 Å². The van der Waals surface area contributed by atoms with Crippen molar-refractivity contribution in [3.8, 4) is 0 Å². The second kappa shape index (κ2) is 9.56. The lowest BCUT2D eigenvalue weighted by Gasteiger charge is -2.23. The Morgan fingerprint density at radius 3 is 2.20 bits per heavy atom. The summed E-state index contributed by atoms with van der Waals surface area (Å²) in [5, 5.41) is 8.98. The lowest BCUT2D eigenvalue weighted by Crippen LogP contribution is -2.52. The molecule has 0 heterocycles. The van der Waals surface area contributed by atoms with Gasteiger partial charge in [0.15, 0.2) is 5.11 Å². The molecule has 0 saturated carbocycles. The predicted molar refractivity (Wildman–Crippen MR) is 116 cm³/mol. The van der Waals surface area contributed by atoms with Crippen molar-refractivity contribution in [1.29, 1.82) is 0 Å². The van der Waals surface area contributed by atoms with E-state index in [1.54, 1.807) is 12.1 Å². The number of aryl methyl sites for hydroxylation is 1. The van der Waals surface area contributed by atoms with Crippen molar-refractivity contribution in [3.05, 3.63) is 63.2 Å². The van der Waals surface area contributed by atoms with Gasteiger partial charge < -0.3 is 16.0 Å². The molecule has 0 fully saturated rings. The van der Waals surface area contributed by atoms with Crippen molar-refractivity contribution in [2.45, 2.75) is 17.9 Å². The third-order valence-electron chi connectivity index (χ3n) is 3.24. The maximum atomic E-state index is 12.3. The van der Waals surface area contributed by atoms with Crippen LogP contribution in [0.5, 0.6) is 0 Å². The first-order valence-electron chi connectivity index (χ1n) is 7.34. The maximum absolute atomic E-state index is 12.3. The quantitative estimate of drug-likeness (QED) is 0.242. The molecule has 0 saturated heterocycles. The van der Waals surface area contributed by atoms with E-state index in [1.165, 1.54) is 0 Å². The molecule has 4 nitrogen and oxygen atoms in total. The van der Waals surface area contributed by atoms with Crippen LogP contribution in [0, 0.1) is 10.5 Å². The van der Waals surface area contributed by atoms with Crippen molar-refractivity contribution in [2.75, 3.05) is 5.32 Å². The van der Waals surface area contributed by atoms with E-state index in [1.807, 2.05) is 43.3 Å². The van der Waals surface area contributed by atoms with Crippen LogP contribution in [0.3, 0.4) is 0 Å². The molecule has 1 amide bonds. The Morgan fingerprint density at radius 2 is 1.64 bits per heavy atom. The average Bonchev–Trinajstić information content (AvgIpc) is 2.56. The predicted octanol–water partition coefficient (Wildman–Crippen LogP) is 4.45. The van der Waals surface area contributed by atoms with E-state index < -0.39 is 11.0 Å². The monoisotopic (exact) mass is 507 g/mol. The summed E-state index contributed by atoms with van der Waals surface area (Å²) in [7, 11) is 0. The molecule has 3 N–H and O–H groups in total. The molecule has 0 radical (unpaired) electrons. The van der Waals surface area contributed by atoms with E-state index in [4.69, 9.17) is 35.4 Å². The first-order chi connectivity index (χ1) is 11.8. The largest absolute Gasteiger partial charge is 0.340 e. The van der Waals surface area contributed by atoms with Gasteiger partial charge in [-0.15, -0.1) is 23.2 Å². The van der Waals surface area contributed by atoms with Crippen LogP contribution in [0.25, 0.3) is 0 Å². The van der Waals surface area contributed by atoms with Gasteiger partial charge >= 0.3 is 0 Å². The second-order valence-electron chi connectivity index (χ2n) is 5.26. The first-order valence-corrected chi connectivity index (χ1v) is 9.70. The van der Waals surface area contributed by atoms with E-state index in [-0.39, 0.29) is 5.91 Å². The fourth-order valence-electron chi connectivity index (χ4n) is 1.93. The number of carbonyl (C=O) groups excluding carboxylic acids is 1. The van der Waals surface area contributed by atoms with Crippen LogP contribution in [-0.2, 0) is 0 Å². The summed E-state index contributed by atoms with van der Waals surface area (Å²) in [4.78, 5) is 11.4. The molecule has 1 atom stereocenters. The van der Waals surface area contributed by atoms with Gasteiger partial charge in [-0.2, -0.15) is 0 Å². The van der Waals surface area contributed by atoms with Gasteiger partial charge in [0.25, 0.3) is 5.91 Å². The van der Waals surface area contributed by atoms with Crippen LogP contribution in [0.1, 0.15) is 15.9 Å². The van der Waals surface area contributed by atoms with Gasteiger partial charge in [-0.1, -0.05) is 17.7 Å². The molecular weight excluding hydrogens is 492 g/mol. The minimum absolute atomic E-state index is 0.291. The molecule has 0 aromatic heterocycles. The smallest absolute Gasteiger partial charge is 0.252 e. The van der Waals surface area contributed by atoms with Gasteiger partial charge in [0.1, 0.15) is 11.0 Å². The van der Waals surface area contributed by atoms with Crippen molar-refractivity contribution >= 4 is 74.7 Å². The summed E-state index contributed by atoms with van der Waals surface area (Å²) in [5.41, 5.74) is 2.41. The Morgan fingerprint density at radius 1 is 1.04 bits per heavy atom. The number of amides is 1. The minimum Gasteiger partial charge on any atom is -0.340 e. The van der Waals surface area contributed by atoms with E-state index in [0.717, 1.165) is 14.8 Å². The number of alkyl halides is 2. The zero-order chi connectivity index (χ0) is 18.4. The number of hydrogen-bond donors (Lipinski definition) is 3. The molecule has 0 aliphatic carbocycles. The summed E-state index contributed by atoms with van der Waals surface area (Å²) >= 11 is 19.4. The molecule has 132 valence electrons. The molecule has 25 heavy (non-hydrogen) atoms. The van der Waals surface area contributed by atoms with Gasteiger partial charge in [-0.05, 0) is 78.1 Å². The standard InChI is InChI=1S/C17H16Cl2IN3OS/c1-10-2-4-11(5-3-10)16(24)22-15(14(18)19)23-17(25)21-13-8-6-12(20)7-9-13/h2-9,14-15H,1H3,(H,22,24)(H2,21,23,25)/t15-/m0/s1. The van der Waals surface area contributed by atoms with Gasteiger partial charge in [-0.25, -0.2) is 0 Å². The summed E-state index contributed by atoms with van der Waals surface area (Å²) in [6.45, 7) is 1.95. The number of carbonyl (C=O) groups is 1. The zero-order valence-electron chi connectivity index (χ0n) is 13.2. The van der Waals surface area contributed by atoms with E-state index in [2.05, 4.69) is 38.5 Å². The average molecular weight is 508 g/mol. The van der Waals surface area contributed by atoms with E-state index in [9.17, 15) is 4.79 Å². The number of halogens is 3. The minimum atomic E-state index is -0.883. The molecule has 0 bridgehead atoms. The SMILES string of the molecule is Cc1ccc(C(=O)N[C@@H](NC(=S)Nc2ccc(I)cc2)C(Cl)Cl)cc1. The van der Waals surface area contributed by atoms with Crippen molar-refractivity contribution in [2.24, 2.45) is 0 Å². The third-order valence-corrected chi connectivity index (χ3v) is 4.68. The summed E-state index contributed by atoms with van der Waals surface area (Å²) < 4.78 is 1.12. The fraction of sp³-hybridized carbons (Fsp3) is 0.176. The van der Waals surface area contributed by atoms with Crippen LogP contribution in [0.4, 0.5) is 5.69 Å². The van der Waals surface area contributed by atoms with E-state index >= 15 is 0 Å². The highest BCUT2D eigenvalue weighted by atomic mass is 127. The molecule has 2 aromatic carbocycles. The normalized spacial score (nSPS) is 11.7. The Balaban J connectivity index is 1.97. The highest BCUT2D eigenvalue weighted by Crippen LogP contribution is 2.12. The van der Waals surface area contributed by atoms with Crippen molar-refractivity contribution < 1.29 is 4.79 Å². The highest BCUT2D eigenvalue weighted by Gasteiger charge is 2.21. The summed E-state index contributed by atoms with van der Waals surface area (Å²) in [5.74, 6) is -0.291. The lowest BCUT2D eigenvalue weighted by molar-refractivity contribution is 0.0936. The molecule has 0 aliphatic heterocycles. The number of thiocarbonyl (C=S) groups is 1. The van der Waals surface area contributed by atoms with Gasteiger partial charge in [0.2, 0.25) is 0 Å². The van der Waals surface area contributed by atoms with Crippen LogP contribution >= 0.6 is 58.0 Å². The number of anilines is 1. The molecule has 2 aromatic rings. The third kappa shape index (κ3) is 6.62. The highest BCUT2D eigenvalue weighted by molar-refractivity contribution is 14.1. The Bertz CT molecular complexity index is 739. The van der Waals surface area contributed by atoms with Crippen LogP contribution in [0.15, 0.2) is 48.5 Å². The second-order valence-corrected chi connectivity index (χ2v) is 8.07. The number of nitrogens with one attached hydrogen (secondary N) is 3. The maximum Gasteiger partial charge on any atom is 0.252 e. The number of benzene rings is 2. The Labute approximate surface area is 175 Å². The molecule has 2 rings (SSSR count). The van der Waals surface area contributed by atoms with Gasteiger partial charge in [0.05, 0.1) is 0 Å².